The van der Waals surface area contributed by atoms with Crippen molar-refractivity contribution in [1.82, 2.24) is 5.32 Å². The third-order valence-corrected chi connectivity index (χ3v) is 3.74. The normalized spacial score (nSPS) is 23.5. The van der Waals surface area contributed by atoms with Gasteiger partial charge in [-0.1, -0.05) is 13.3 Å². The van der Waals surface area contributed by atoms with Crippen LogP contribution in [-0.2, 0) is 6.42 Å². The van der Waals surface area contributed by atoms with Crippen molar-refractivity contribution >= 4 is 0 Å². The fraction of sp³-hybridized carbons (Fsp3) is 0.600. The average Bonchev–Trinajstić information content (AvgIpc) is 2.72. The van der Waals surface area contributed by atoms with Crippen LogP contribution in [0.2, 0.25) is 0 Å². The van der Waals surface area contributed by atoms with Crippen molar-refractivity contribution in [3.8, 4) is 0 Å². The van der Waals surface area contributed by atoms with Crippen molar-refractivity contribution in [1.29, 1.82) is 0 Å². The first-order valence-corrected chi connectivity index (χ1v) is 6.87. The zero-order valence-electron chi connectivity index (χ0n) is 10.9. The molecule has 1 fully saturated rings. The van der Waals surface area contributed by atoms with Crippen LogP contribution < -0.4 is 5.32 Å². The van der Waals surface area contributed by atoms with E-state index >= 15 is 0 Å². The second-order valence-corrected chi connectivity index (χ2v) is 5.23. The largest absolute Gasteiger partial charge is 0.314 e. The predicted octanol–water partition coefficient (Wildman–Crippen LogP) is 3.68. The minimum atomic E-state index is -0.471. The van der Waals surface area contributed by atoms with E-state index < -0.39 is 11.6 Å². The molecule has 0 aliphatic heterocycles. The summed E-state index contributed by atoms with van der Waals surface area (Å²) in [6, 6.07) is 4.36. The quantitative estimate of drug-likeness (QED) is 0.844. The van der Waals surface area contributed by atoms with Crippen molar-refractivity contribution in [3.05, 3.63) is 35.4 Å². The Morgan fingerprint density at radius 2 is 1.89 bits per heavy atom. The minimum Gasteiger partial charge on any atom is -0.314 e. The molecule has 2 atom stereocenters. The van der Waals surface area contributed by atoms with Crippen molar-refractivity contribution in [2.45, 2.75) is 45.1 Å². The van der Waals surface area contributed by atoms with Crippen molar-refractivity contribution in [2.24, 2.45) is 5.92 Å². The van der Waals surface area contributed by atoms with Gasteiger partial charge in [0.05, 0.1) is 0 Å². The average molecular weight is 253 g/mol. The highest BCUT2D eigenvalue weighted by atomic mass is 19.1. The SMILES string of the molecule is CCCNC1CCCC1Cc1cc(F)cc(F)c1. The third-order valence-electron chi connectivity index (χ3n) is 3.74. The highest BCUT2D eigenvalue weighted by Gasteiger charge is 2.26. The third kappa shape index (κ3) is 3.52. The van der Waals surface area contributed by atoms with Gasteiger partial charge in [-0.2, -0.15) is 0 Å². The Morgan fingerprint density at radius 1 is 1.17 bits per heavy atom. The van der Waals surface area contributed by atoms with Gasteiger partial charge >= 0.3 is 0 Å². The standard InChI is InChI=1S/C15H21F2N/c1-2-6-18-15-5-3-4-12(15)7-11-8-13(16)10-14(17)9-11/h8-10,12,15,18H,2-7H2,1H3. The van der Waals surface area contributed by atoms with Crippen molar-refractivity contribution in [3.63, 3.8) is 0 Å². The molecule has 1 aromatic carbocycles. The fourth-order valence-corrected chi connectivity index (χ4v) is 2.91. The number of hydrogen-bond acceptors (Lipinski definition) is 1. The first-order chi connectivity index (χ1) is 8.69. The van der Waals surface area contributed by atoms with E-state index in [1.165, 1.54) is 25.0 Å². The summed E-state index contributed by atoms with van der Waals surface area (Å²) in [6.07, 6.45) is 5.44. The van der Waals surface area contributed by atoms with Gasteiger partial charge in [-0.15, -0.1) is 0 Å². The molecular weight excluding hydrogens is 232 g/mol. The van der Waals surface area contributed by atoms with Crippen LogP contribution in [0.15, 0.2) is 18.2 Å². The van der Waals surface area contributed by atoms with E-state index in [1.54, 1.807) is 0 Å². The van der Waals surface area contributed by atoms with Crippen LogP contribution in [0.1, 0.15) is 38.2 Å². The molecule has 3 heteroatoms. The predicted molar refractivity (Wildman–Crippen MR) is 69.5 cm³/mol. The zero-order valence-corrected chi connectivity index (χ0v) is 10.9. The van der Waals surface area contributed by atoms with E-state index in [0.717, 1.165) is 37.4 Å². The lowest BCUT2D eigenvalue weighted by Crippen LogP contribution is -2.33. The van der Waals surface area contributed by atoms with Gasteiger partial charge in [0.1, 0.15) is 11.6 Å². The number of benzene rings is 1. The summed E-state index contributed by atoms with van der Waals surface area (Å²) in [4.78, 5) is 0. The van der Waals surface area contributed by atoms with Gasteiger partial charge in [0.25, 0.3) is 0 Å². The summed E-state index contributed by atoms with van der Waals surface area (Å²) in [7, 11) is 0. The Labute approximate surface area is 108 Å². The fourth-order valence-electron chi connectivity index (χ4n) is 2.91. The summed E-state index contributed by atoms with van der Waals surface area (Å²) in [5.41, 5.74) is 0.780. The van der Waals surface area contributed by atoms with Crippen molar-refractivity contribution in [2.75, 3.05) is 6.54 Å². The van der Waals surface area contributed by atoms with Crippen LogP contribution in [-0.4, -0.2) is 12.6 Å². The van der Waals surface area contributed by atoms with E-state index in [4.69, 9.17) is 0 Å². The maximum atomic E-state index is 13.1. The van der Waals surface area contributed by atoms with Crippen LogP contribution in [0.5, 0.6) is 0 Å². The minimum absolute atomic E-state index is 0.471. The lowest BCUT2D eigenvalue weighted by Gasteiger charge is -2.21. The van der Waals surface area contributed by atoms with E-state index in [-0.39, 0.29) is 0 Å². The van der Waals surface area contributed by atoms with E-state index in [0.29, 0.717) is 12.0 Å². The van der Waals surface area contributed by atoms with Crippen LogP contribution in [0.3, 0.4) is 0 Å². The van der Waals surface area contributed by atoms with Gasteiger partial charge in [-0.25, -0.2) is 8.78 Å². The molecular formula is C15H21F2N. The molecule has 0 amide bonds. The summed E-state index contributed by atoms with van der Waals surface area (Å²) in [5, 5.41) is 3.54. The number of rotatable bonds is 5. The number of nitrogens with one attached hydrogen (secondary N) is 1. The van der Waals surface area contributed by atoms with Gasteiger partial charge in [-0.05, 0) is 55.8 Å². The highest BCUT2D eigenvalue weighted by Crippen LogP contribution is 2.29. The summed E-state index contributed by atoms with van der Waals surface area (Å²) >= 11 is 0. The van der Waals surface area contributed by atoms with Gasteiger partial charge in [-0.3, -0.25) is 0 Å². The second kappa shape index (κ2) is 6.28. The molecule has 0 spiro atoms. The van der Waals surface area contributed by atoms with E-state index in [2.05, 4.69) is 12.2 Å². The summed E-state index contributed by atoms with van der Waals surface area (Å²) in [5.74, 6) is -0.431. The molecule has 2 rings (SSSR count). The highest BCUT2D eigenvalue weighted by molar-refractivity contribution is 5.19. The molecule has 1 N–H and O–H groups in total. The van der Waals surface area contributed by atoms with Gasteiger partial charge < -0.3 is 5.32 Å². The number of halogens is 2. The first kappa shape index (κ1) is 13.5. The molecule has 100 valence electrons. The molecule has 18 heavy (non-hydrogen) atoms. The summed E-state index contributed by atoms with van der Waals surface area (Å²) in [6.45, 7) is 3.18. The molecule has 0 radical (unpaired) electrons. The van der Waals surface area contributed by atoms with Gasteiger partial charge in [0.15, 0.2) is 0 Å². The van der Waals surface area contributed by atoms with Crippen LogP contribution in [0, 0.1) is 17.6 Å². The van der Waals surface area contributed by atoms with Gasteiger partial charge in [0.2, 0.25) is 0 Å². The Bertz CT molecular complexity index is 372. The molecule has 0 bridgehead atoms. The molecule has 1 nitrogen and oxygen atoms in total. The molecule has 0 heterocycles. The van der Waals surface area contributed by atoms with E-state index in [1.807, 2.05) is 0 Å². The van der Waals surface area contributed by atoms with E-state index in [9.17, 15) is 8.78 Å². The molecule has 1 aliphatic rings. The Hall–Kier alpha value is -0.960. The lowest BCUT2D eigenvalue weighted by atomic mass is 9.94. The monoisotopic (exact) mass is 253 g/mol. The molecule has 2 unspecified atom stereocenters. The topological polar surface area (TPSA) is 12.0 Å². The van der Waals surface area contributed by atoms with Crippen molar-refractivity contribution < 1.29 is 8.78 Å². The number of hydrogen-bond donors (Lipinski definition) is 1. The maximum absolute atomic E-state index is 13.1. The Morgan fingerprint density at radius 3 is 2.56 bits per heavy atom. The smallest absolute Gasteiger partial charge is 0.126 e. The summed E-state index contributed by atoms with van der Waals surface area (Å²) < 4.78 is 26.3. The van der Waals surface area contributed by atoms with Crippen LogP contribution in [0.4, 0.5) is 8.78 Å². The first-order valence-electron chi connectivity index (χ1n) is 6.87. The Balaban J connectivity index is 1.98. The Kier molecular flexibility index (Phi) is 4.70. The molecule has 1 saturated carbocycles. The molecule has 0 aromatic heterocycles. The van der Waals surface area contributed by atoms with Crippen LogP contribution in [0.25, 0.3) is 0 Å². The second-order valence-electron chi connectivity index (χ2n) is 5.23. The maximum Gasteiger partial charge on any atom is 0.126 e. The molecule has 1 aliphatic carbocycles. The lowest BCUT2D eigenvalue weighted by molar-refractivity contribution is 0.398. The molecule has 1 aromatic rings. The molecule has 0 saturated heterocycles. The van der Waals surface area contributed by atoms with Gasteiger partial charge in [0, 0.05) is 12.1 Å². The van der Waals surface area contributed by atoms with Crippen LogP contribution >= 0.6 is 0 Å². The zero-order chi connectivity index (χ0) is 13.0.